The number of nitrogens with zero attached hydrogens (tertiary/aromatic N) is 1. The van der Waals surface area contributed by atoms with Crippen LogP contribution in [0.4, 0.5) is 0 Å². The number of aliphatic hydroxyl groups is 1. The first-order chi connectivity index (χ1) is 18.8. The van der Waals surface area contributed by atoms with E-state index in [0.29, 0.717) is 13.2 Å². The molecule has 0 bridgehead atoms. The van der Waals surface area contributed by atoms with Crippen LogP contribution in [0.1, 0.15) is 28.4 Å². The molecule has 2 atom stereocenters. The lowest BCUT2D eigenvalue weighted by Gasteiger charge is -2.49. The van der Waals surface area contributed by atoms with E-state index in [9.17, 15) is 5.11 Å². The molecule has 0 aromatic heterocycles. The molecule has 1 aliphatic rings. The summed E-state index contributed by atoms with van der Waals surface area (Å²) in [6.07, 6.45) is -0.613. The van der Waals surface area contributed by atoms with E-state index in [2.05, 4.69) is 95.9 Å². The highest BCUT2D eigenvalue weighted by Crippen LogP contribution is 2.44. The Morgan fingerprint density at radius 1 is 0.842 bits per heavy atom. The molecule has 5 heteroatoms. The van der Waals surface area contributed by atoms with Crippen molar-refractivity contribution in [1.82, 2.24) is 4.90 Å². The van der Waals surface area contributed by atoms with Gasteiger partial charge in [0.25, 0.3) is 0 Å². The summed E-state index contributed by atoms with van der Waals surface area (Å²) in [7, 11) is 1.66. The molecule has 1 aliphatic heterocycles. The highest BCUT2D eigenvalue weighted by molar-refractivity contribution is 5.49. The van der Waals surface area contributed by atoms with E-state index in [1.165, 1.54) is 16.7 Å². The van der Waals surface area contributed by atoms with Gasteiger partial charge >= 0.3 is 0 Å². The Morgan fingerprint density at radius 3 is 1.95 bits per heavy atom. The van der Waals surface area contributed by atoms with Crippen LogP contribution in [0.25, 0.3) is 0 Å². The van der Waals surface area contributed by atoms with Crippen molar-refractivity contribution in [1.29, 1.82) is 0 Å². The molecule has 1 N–H and O–H groups in total. The SMILES string of the molecule is COc1cccc(C(OCCO)C2CN(C(c3ccccc3)(c3ccccc3)c3ccccc3)CCO2)c1. The van der Waals surface area contributed by atoms with Gasteiger partial charge in [-0.25, -0.2) is 0 Å². The second-order valence-electron chi connectivity index (χ2n) is 9.46. The van der Waals surface area contributed by atoms with Gasteiger partial charge < -0.3 is 19.3 Å². The highest BCUT2D eigenvalue weighted by Gasteiger charge is 2.45. The molecule has 5 rings (SSSR count). The van der Waals surface area contributed by atoms with Crippen LogP contribution in [0, 0.1) is 0 Å². The van der Waals surface area contributed by atoms with Crippen molar-refractivity contribution in [2.24, 2.45) is 0 Å². The Hall–Kier alpha value is -3.48. The largest absolute Gasteiger partial charge is 0.497 e. The minimum Gasteiger partial charge on any atom is -0.497 e. The molecular weight excluding hydrogens is 474 g/mol. The van der Waals surface area contributed by atoms with Crippen LogP contribution in [0.2, 0.25) is 0 Å². The maximum absolute atomic E-state index is 9.59. The van der Waals surface area contributed by atoms with Crippen LogP contribution in [0.15, 0.2) is 115 Å². The van der Waals surface area contributed by atoms with E-state index in [1.807, 2.05) is 24.3 Å². The van der Waals surface area contributed by atoms with Crippen molar-refractivity contribution < 1.29 is 19.3 Å². The summed E-state index contributed by atoms with van der Waals surface area (Å²) in [5.74, 6) is 0.764. The number of benzene rings is 4. The van der Waals surface area contributed by atoms with Crippen LogP contribution < -0.4 is 4.74 Å². The lowest BCUT2D eigenvalue weighted by molar-refractivity contribution is -0.129. The normalized spacial score (nSPS) is 17.2. The predicted molar refractivity (Wildman–Crippen MR) is 149 cm³/mol. The minimum absolute atomic E-state index is 0.0567. The molecular formula is C33H35NO4. The smallest absolute Gasteiger partial charge is 0.119 e. The second kappa shape index (κ2) is 12.4. The van der Waals surface area contributed by atoms with Crippen LogP contribution in [0.3, 0.4) is 0 Å². The first-order valence-corrected chi connectivity index (χ1v) is 13.2. The summed E-state index contributed by atoms with van der Waals surface area (Å²) < 4.78 is 18.1. The summed E-state index contributed by atoms with van der Waals surface area (Å²) in [6, 6.07) is 40.0. The molecule has 196 valence electrons. The first-order valence-electron chi connectivity index (χ1n) is 13.2. The number of hydrogen-bond donors (Lipinski definition) is 1. The van der Waals surface area contributed by atoms with Gasteiger partial charge in [-0.2, -0.15) is 0 Å². The summed E-state index contributed by atoms with van der Waals surface area (Å²) in [6.45, 7) is 2.11. The fourth-order valence-corrected chi connectivity index (χ4v) is 5.67. The van der Waals surface area contributed by atoms with Crippen molar-refractivity contribution in [3.05, 3.63) is 138 Å². The van der Waals surface area contributed by atoms with E-state index in [1.54, 1.807) is 7.11 Å². The van der Waals surface area contributed by atoms with Gasteiger partial charge in [-0.15, -0.1) is 0 Å². The molecule has 4 aromatic rings. The average molecular weight is 510 g/mol. The van der Waals surface area contributed by atoms with E-state index in [-0.39, 0.29) is 25.4 Å². The number of aliphatic hydroxyl groups excluding tert-OH is 1. The molecule has 0 radical (unpaired) electrons. The van der Waals surface area contributed by atoms with Crippen molar-refractivity contribution >= 4 is 0 Å². The number of rotatable bonds is 10. The zero-order valence-electron chi connectivity index (χ0n) is 21.8. The molecule has 0 aliphatic carbocycles. The molecule has 1 fully saturated rings. The van der Waals surface area contributed by atoms with E-state index >= 15 is 0 Å². The van der Waals surface area contributed by atoms with Crippen LogP contribution in [-0.4, -0.2) is 56.1 Å². The average Bonchev–Trinajstić information content (AvgIpc) is 3.00. The third-order valence-corrected chi connectivity index (χ3v) is 7.29. The van der Waals surface area contributed by atoms with Crippen molar-refractivity contribution in [3.8, 4) is 5.75 Å². The van der Waals surface area contributed by atoms with Gasteiger partial charge in [0, 0.05) is 13.1 Å². The molecule has 1 heterocycles. The fourth-order valence-electron chi connectivity index (χ4n) is 5.67. The Kier molecular flexibility index (Phi) is 8.51. The summed E-state index contributed by atoms with van der Waals surface area (Å²) in [5.41, 5.74) is 4.04. The third kappa shape index (κ3) is 5.24. The van der Waals surface area contributed by atoms with Crippen LogP contribution in [0.5, 0.6) is 5.75 Å². The van der Waals surface area contributed by atoms with Crippen molar-refractivity contribution in [2.75, 3.05) is 40.0 Å². The number of methoxy groups -OCH3 is 1. The molecule has 38 heavy (non-hydrogen) atoms. The minimum atomic E-state index is -0.526. The van der Waals surface area contributed by atoms with Crippen molar-refractivity contribution in [3.63, 3.8) is 0 Å². The quantitative estimate of drug-likeness (QED) is 0.289. The maximum atomic E-state index is 9.59. The van der Waals surface area contributed by atoms with E-state index < -0.39 is 5.54 Å². The van der Waals surface area contributed by atoms with Crippen molar-refractivity contribution in [2.45, 2.75) is 17.7 Å². The number of hydrogen-bond acceptors (Lipinski definition) is 5. The van der Waals surface area contributed by atoms with Gasteiger partial charge in [-0.05, 0) is 34.4 Å². The standard InChI is InChI=1S/C33H35NO4/c1-36-30-19-11-12-26(24-30)32(38-23-21-35)31-25-34(20-22-37-31)33(27-13-5-2-6-14-27,28-15-7-3-8-16-28)29-17-9-4-10-18-29/h2-19,24,31-32,35H,20-23,25H2,1H3. The molecule has 5 nitrogen and oxygen atoms in total. The summed E-state index contributed by atoms with van der Waals surface area (Å²) in [4.78, 5) is 2.52. The first kappa shape index (κ1) is 26.1. The highest BCUT2D eigenvalue weighted by atomic mass is 16.5. The molecule has 0 saturated carbocycles. The molecule has 0 spiro atoms. The molecule has 1 saturated heterocycles. The van der Waals surface area contributed by atoms with Gasteiger partial charge in [0.1, 0.15) is 18.0 Å². The van der Waals surface area contributed by atoms with E-state index in [0.717, 1.165) is 17.9 Å². The monoisotopic (exact) mass is 509 g/mol. The zero-order valence-corrected chi connectivity index (χ0v) is 21.8. The lowest BCUT2D eigenvalue weighted by atomic mass is 9.75. The second-order valence-corrected chi connectivity index (χ2v) is 9.46. The van der Waals surface area contributed by atoms with Gasteiger partial charge in [-0.1, -0.05) is 103 Å². The molecule has 2 unspecified atom stereocenters. The third-order valence-electron chi connectivity index (χ3n) is 7.29. The Balaban J connectivity index is 1.62. The van der Waals surface area contributed by atoms with Crippen LogP contribution in [-0.2, 0) is 15.0 Å². The fraction of sp³-hybridized carbons (Fsp3) is 0.273. The topological polar surface area (TPSA) is 51.2 Å². The summed E-state index contributed by atoms with van der Waals surface area (Å²) >= 11 is 0. The van der Waals surface area contributed by atoms with Gasteiger partial charge in [0.05, 0.1) is 32.5 Å². The predicted octanol–water partition coefficient (Wildman–Crippen LogP) is 5.44. The molecule has 0 amide bonds. The zero-order chi connectivity index (χ0) is 26.2. The molecule has 4 aromatic carbocycles. The Labute approximate surface area is 225 Å². The lowest BCUT2D eigenvalue weighted by Crippen LogP contribution is -2.56. The number of ether oxygens (including phenoxy) is 3. The summed E-state index contributed by atoms with van der Waals surface area (Å²) in [5, 5.41) is 9.59. The Bertz CT molecular complexity index is 1170. The van der Waals surface area contributed by atoms with Gasteiger partial charge in [0.2, 0.25) is 0 Å². The van der Waals surface area contributed by atoms with E-state index in [4.69, 9.17) is 14.2 Å². The number of morpholine rings is 1. The van der Waals surface area contributed by atoms with Crippen LogP contribution >= 0.6 is 0 Å². The van der Waals surface area contributed by atoms with Gasteiger partial charge in [0.15, 0.2) is 0 Å². The maximum Gasteiger partial charge on any atom is 0.119 e. The Morgan fingerprint density at radius 2 is 1.42 bits per heavy atom. The van der Waals surface area contributed by atoms with Gasteiger partial charge in [-0.3, -0.25) is 4.90 Å².